The Morgan fingerprint density at radius 2 is 1.91 bits per heavy atom. The molecule has 0 bridgehead atoms. The Morgan fingerprint density at radius 3 is 2.52 bits per heavy atom. The fourth-order valence-corrected chi connectivity index (χ4v) is 6.47. The Labute approximate surface area is 195 Å². The summed E-state index contributed by atoms with van der Waals surface area (Å²) >= 11 is 0. The van der Waals surface area contributed by atoms with Crippen LogP contribution in [0.2, 0.25) is 0 Å². The lowest BCUT2D eigenvalue weighted by atomic mass is 9.99. The van der Waals surface area contributed by atoms with Gasteiger partial charge in [0, 0.05) is 31.0 Å². The fourth-order valence-electron chi connectivity index (χ4n) is 4.49. The minimum Gasteiger partial charge on any atom is -0.465 e. The van der Waals surface area contributed by atoms with Crippen molar-refractivity contribution in [2.45, 2.75) is 65.4 Å². The summed E-state index contributed by atoms with van der Waals surface area (Å²) < 4.78 is 41.2. The summed E-state index contributed by atoms with van der Waals surface area (Å²) in [5.41, 5.74) is 1.14. The quantitative estimate of drug-likeness (QED) is 0.583. The van der Waals surface area contributed by atoms with Gasteiger partial charge in [0.15, 0.2) is 0 Å². The number of rotatable bonds is 8. The number of carbonyl (C=O) groups is 2. The number of aryl methyl sites for hydroxylation is 1. The maximum Gasteiger partial charge on any atom is 0.341 e. The number of ether oxygens (including phenoxy) is 1. The molecule has 1 unspecified atom stereocenters. The highest BCUT2D eigenvalue weighted by molar-refractivity contribution is 7.89. The number of nitrogens with one attached hydrogen (secondary N) is 1. The van der Waals surface area contributed by atoms with Crippen molar-refractivity contribution in [3.63, 3.8) is 0 Å². The molecule has 0 aliphatic carbocycles. The number of nitrogens with zero attached hydrogens (tertiary/aromatic N) is 2. The van der Waals surface area contributed by atoms with E-state index < -0.39 is 21.9 Å². The third-order valence-electron chi connectivity index (χ3n) is 6.11. The van der Waals surface area contributed by atoms with E-state index in [1.165, 1.54) is 4.31 Å². The first-order valence-corrected chi connectivity index (χ1v) is 12.8. The average Bonchev–Trinajstić information content (AvgIpc) is 3.31. The van der Waals surface area contributed by atoms with Gasteiger partial charge in [-0.25, -0.2) is 13.2 Å². The van der Waals surface area contributed by atoms with Crippen LogP contribution in [0.5, 0.6) is 0 Å². The van der Waals surface area contributed by atoms with Crippen molar-refractivity contribution in [1.82, 2.24) is 14.2 Å². The zero-order valence-corrected chi connectivity index (χ0v) is 20.8. The summed E-state index contributed by atoms with van der Waals surface area (Å²) in [5.74, 6) is 0.0614. The molecular weight excluding hydrogens is 446 g/mol. The maximum absolute atomic E-state index is 13.7. The highest BCUT2D eigenvalue weighted by Gasteiger charge is 2.39. The van der Waals surface area contributed by atoms with Gasteiger partial charge in [-0.1, -0.05) is 0 Å². The molecule has 1 amide bonds. The second-order valence-corrected chi connectivity index (χ2v) is 10.1. The van der Waals surface area contributed by atoms with Gasteiger partial charge in [0.25, 0.3) is 0 Å². The highest BCUT2D eigenvalue weighted by atomic mass is 32.2. The van der Waals surface area contributed by atoms with Crippen LogP contribution in [0.4, 0.5) is 0 Å². The number of hydrogen-bond acceptors (Lipinski definition) is 6. The SMILES string of the molecule is CCOC(=O)c1c(S(=O)(=O)N2CCCC(C(=O)NCc3ccc(C)o3)C2)c(C)n(CC)c1C. The first kappa shape index (κ1) is 25.0. The molecule has 3 rings (SSSR count). The Bertz CT molecular complexity index is 1130. The van der Waals surface area contributed by atoms with E-state index in [4.69, 9.17) is 9.15 Å². The number of hydrogen-bond donors (Lipinski definition) is 1. The van der Waals surface area contributed by atoms with Crippen molar-refractivity contribution < 1.29 is 27.2 Å². The van der Waals surface area contributed by atoms with Crippen LogP contribution in [-0.2, 0) is 32.6 Å². The van der Waals surface area contributed by atoms with Crippen LogP contribution in [0.3, 0.4) is 0 Å². The lowest BCUT2D eigenvalue weighted by molar-refractivity contribution is -0.126. The minimum absolute atomic E-state index is 0.0209. The Balaban J connectivity index is 1.85. The second-order valence-electron chi connectivity index (χ2n) is 8.27. The largest absolute Gasteiger partial charge is 0.465 e. The third-order valence-corrected chi connectivity index (χ3v) is 8.14. The zero-order valence-electron chi connectivity index (χ0n) is 19.9. The van der Waals surface area contributed by atoms with E-state index in [9.17, 15) is 18.0 Å². The van der Waals surface area contributed by atoms with Crippen molar-refractivity contribution >= 4 is 21.9 Å². The molecule has 1 atom stereocenters. The van der Waals surface area contributed by atoms with Crippen LogP contribution in [0.1, 0.15) is 60.0 Å². The molecule has 0 aromatic carbocycles. The molecule has 182 valence electrons. The standard InChI is InChI=1S/C23H33N3O6S/c1-6-26-16(4)20(23(28)31-7-2)21(17(26)5)33(29,30)25-12-8-9-18(14-25)22(27)24-13-19-11-10-15(3)32-19/h10-11,18H,6-9,12-14H2,1-5H3,(H,24,27). The summed E-state index contributed by atoms with van der Waals surface area (Å²) in [5, 5.41) is 2.84. The summed E-state index contributed by atoms with van der Waals surface area (Å²) in [4.78, 5) is 25.4. The molecule has 33 heavy (non-hydrogen) atoms. The van der Waals surface area contributed by atoms with Gasteiger partial charge in [0.05, 0.1) is 19.1 Å². The predicted octanol–water partition coefficient (Wildman–Crippen LogP) is 2.92. The number of furan rings is 1. The topological polar surface area (TPSA) is 111 Å². The summed E-state index contributed by atoms with van der Waals surface area (Å²) in [7, 11) is -4.02. The van der Waals surface area contributed by atoms with Gasteiger partial charge >= 0.3 is 5.97 Å². The van der Waals surface area contributed by atoms with E-state index in [2.05, 4.69) is 5.32 Å². The maximum atomic E-state index is 13.7. The molecule has 9 nitrogen and oxygen atoms in total. The molecule has 1 N–H and O–H groups in total. The van der Waals surface area contributed by atoms with E-state index in [1.807, 2.05) is 19.9 Å². The van der Waals surface area contributed by atoms with Crippen LogP contribution < -0.4 is 5.32 Å². The predicted molar refractivity (Wildman–Crippen MR) is 122 cm³/mol. The monoisotopic (exact) mass is 479 g/mol. The van der Waals surface area contributed by atoms with Gasteiger partial charge in [0.2, 0.25) is 15.9 Å². The molecule has 1 aliphatic rings. The van der Waals surface area contributed by atoms with E-state index in [0.717, 1.165) is 5.76 Å². The van der Waals surface area contributed by atoms with Crippen molar-refractivity contribution in [3.05, 3.63) is 40.6 Å². The summed E-state index contributed by atoms with van der Waals surface area (Å²) in [6.07, 6.45) is 1.15. The first-order valence-electron chi connectivity index (χ1n) is 11.3. The summed E-state index contributed by atoms with van der Waals surface area (Å²) in [6.45, 7) is 10.1. The molecule has 2 aromatic rings. The first-order chi connectivity index (χ1) is 15.6. The molecule has 0 spiro atoms. The second kappa shape index (κ2) is 10.1. The molecular formula is C23H33N3O6S. The van der Waals surface area contributed by atoms with Gasteiger partial charge in [0.1, 0.15) is 22.0 Å². The average molecular weight is 480 g/mol. The van der Waals surface area contributed by atoms with Crippen molar-refractivity contribution in [3.8, 4) is 0 Å². The van der Waals surface area contributed by atoms with Gasteiger partial charge in [-0.3, -0.25) is 4.79 Å². The Hall–Kier alpha value is -2.59. The van der Waals surface area contributed by atoms with Crippen LogP contribution >= 0.6 is 0 Å². The van der Waals surface area contributed by atoms with Crippen molar-refractivity contribution in [2.75, 3.05) is 19.7 Å². The van der Waals surface area contributed by atoms with Gasteiger partial charge < -0.3 is 19.0 Å². The third kappa shape index (κ3) is 5.01. The smallest absolute Gasteiger partial charge is 0.341 e. The molecule has 2 aromatic heterocycles. The van der Waals surface area contributed by atoms with Gasteiger partial charge in [-0.05, 0) is 59.6 Å². The Kier molecular flexibility index (Phi) is 7.69. The molecule has 3 heterocycles. The fraction of sp³-hybridized carbons (Fsp3) is 0.565. The van der Waals surface area contributed by atoms with Crippen LogP contribution in [0.15, 0.2) is 21.4 Å². The van der Waals surface area contributed by atoms with Gasteiger partial charge in [-0.2, -0.15) is 4.31 Å². The van der Waals surface area contributed by atoms with Gasteiger partial charge in [-0.15, -0.1) is 0 Å². The number of esters is 1. The molecule has 0 radical (unpaired) electrons. The van der Waals surface area contributed by atoms with Crippen molar-refractivity contribution in [2.24, 2.45) is 5.92 Å². The van der Waals surface area contributed by atoms with E-state index in [0.29, 0.717) is 43.1 Å². The van der Waals surface area contributed by atoms with E-state index in [-0.39, 0.29) is 36.1 Å². The number of aromatic nitrogens is 1. The minimum atomic E-state index is -4.02. The van der Waals surface area contributed by atoms with Crippen LogP contribution in [0, 0.1) is 26.7 Å². The van der Waals surface area contributed by atoms with E-state index >= 15 is 0 Å². The molecule has 0 saturated carbocycles. The normalized spacial score (nSPS) is 17.2. The highest BCUT2D eigenvalue weighted by Crippen LogP contribution is 2.32. The lowest BCUT2D eigenvalue weighted by Gasteiger charge is -2.31. The Morgan fingerprint density at radius 1 is 1.18 bits per heavy atom. The molecule has 1 saturated heterocycles. The number of piperidine rings is 1. The number of amides is 1. The van der Waals surface area contributed by atoms with Crippen LogP contribution in [-0.4, -0.2) is 48.9 Å². The van der Waals surface area contributed by atoms with E-state index in [1.54, 1.807) is 31.4 Å². The number of sulfonamides is 1. The van der Waals surface area contributed by atoms with Crippen molar-refractivity contribution in [1.29, 1.82) is 0 Å². The molecule has 1 fully saturated rings. The zero-order chi connectivity index (χ0) is 24.3. The molecule has 10 heteroatoms. The number of carbonyl (C=O) groups excluding carboxylic acids is 2. The lowest BCUT2D eigenvalue weighted by Crippen LogP contribution is -2.45. The van der Waals surface area contributed by atoms with Crippen LogP contribution in [0.25, 0.3) is 0 Å². The molecule has 1 aliphatic heterocycles. The summed E-state index contributed by atoms with van der Waals surface area (Å²) in [6, 6.07) is 3.62.